The van der Waals surface area contributed by atoms with Crippen molar-refractivity contribution in [3.63, 3.8) is 0 Å². The van der Waals surface area contributed by atoms with Gasteiger partial charge in [0.2, 0.25) is 5.91 Å². The summed E-state index contributed by atoms with van der Waals surface area (Å²) in [5.41, 5.74) is 0. The van der Waals surface area contributed by atoms with Gasteiger partial charge in [0, 0.05) is 39.8 Å². The summed E-state index contributed by atoms with van der Waals surface area (Å²) in [6, 6.07) is 0. The van der Waals surface area contributed by atoms with Crippen LogP contribution >= 0.6 is 0 Å². The van der Waals surface area contributed by atoms with Gasteiger partial charge in [-0.25, -0.2) is 0 Å². The maximum absolute atomic E-state index is 12.0. The normalized spacial score (nSPS) is 24.1. The summed E-state index contributed by atoms with van der Waals surface area (Å²) < 4.78 is 5.34. The van der Waals surface area contributed by atoms with Crippen LogP contribution in [0.2, 0.25) is 0 Å². The Hall–Kier alpha value is -1.14. The highest BCUT2D eigenvalue weighted by atomic mass is 16.5. The van der Waals surface area contributed by atoms with Crippen molar-refractivity contribution >= 4 is 11.8 Å². The van der Waals surface area contributed by atoms with Gasteiger partial charge < -0.3 is 19.9 Å². The molecule has 0 saturated carbocycles. The Bertz CT molecular complexity index is 310. The zero-order valence-electron chi connectivity index (χ0n) is 10.9. The molecule has 2 saturated heterocycles. The molecule has 1 atom stereocenters. The van der Waals surface area contributed by atoms with Crippen molar-refractivity contribution in [2.45, 2.75) is 18.9 Å². The van der Waals surface area contributed by atoms with Crippen LogP contribution in [0.15, 0.2) is 0 Å². The number of rotatable bonds is 3. The van der Waals surface area contributed by atoms with Gasteiger partial charge in [-0.1, -0.05) is 0 Å². The molecule has 0 spiro atoms. The molecule has 2 fully saturated rings. The molecular formula is C12H21N3O3. The molecule has 2 amide bonds. The molecule has 0 unspecified atom stereocenters. The van der Waals surface area contributed by atoms with E-state index in [-0.39, 0.29) is 24.5 Å². The Morgan fingerprint density at radius 2 is 2.11 bits per heavy atom. The van der Waals surface area contributed by atoms with Gasteiger partial charge in [0.25, 0.3) is 5.91 Å². The van der Waals surface area contributed by atoms with E-state index in [1.54, 1.807) is 11.9 Å². The first-order valence-electron chi connectivity index (χ1n) is 6.53. The van der Waals surface area contributed by atoms with Crippen LogP contribution in [0, 0.1) is 0 Å². The Kier molecular flexibility index (Phi) is 4.54. The third kappa shape index (κ3) is 3.20. The summed E-state index contributed by atoms with van der Waals surface area (Å²) in [4.78, 5) is 27.3. The third-order valence-electron chi connectivity index (χ3n) is 3.42. The molecule has 2 heterocycles. The summed E-state index contributed by atoms with van der Waals surface area (Å²) >= 11 is 0. The molecule has 18 heavy (non-hydrogen) atoms. The first-order chi connectivity index (χ1) is 8.68. The van der Waals surface area contributed by atoms with Crippen molar-refractivity contribution in [2.75, 3.05) is 46.4 Å². The number of hydrogen-bond donors (Lipinski definition) is 1. The van der Waals surface area contributed by atoms with Gasteiger partial charge in [-0.05, 0) is 12.8 Å². The molecule has 0 radical (unpaired) electrons. The van der Waals surface area contributed by atoms with E-state index >= 15 is 0 Å². The number of nitrogens with zero attached hydrogens (tertiary/aromatic N) is 2. The zero-order chi connectivity index (χ0) is 13.0. The van der Waals surface area contributed by atoms with Gasteiger partial charge in [0.15, 0.2) is 0 Å². The van der Waals surface area contributed by atoms with Gasteiger partial charge in [0.1, 0.15) is 6.10 Å². The van der Waals surface area contributed by atoms with Crippen LogP contribution in [0.4, 0.5) is 0 Å². The first kappa shape index (κ1) is 13.3. The molecule has 0 aromatic carbocycles. The van der Waals surface area contributed by atoms with Crippen molar-refractivity contribution in [3.05, 3.63) is 0 Å². The van der Waals surface area contributed by atoms with Crippen molar-refractivity contribution in [1.82, 2.24) is 15.1 Å². The molecule has 0 bridgehead atoms. The van der Waals surface area contributed by atoms with Gasteiger partial charge in [0.05, 0.1) is 6.54 Å². The molecule has 102 valence electrons. The van der Waals surface area contributed by atoms with Crippen LogP contribution in [0.3, 0.4) is 0 Å². The minimum absolute atomic E-state index is 0.0188. The minimum atomic E-state index is -0.342. The second kappa shape index (κ2) is 6.15. The molecule has 0 aromatic rings. The molecule has 2 rings (SSSR count). The number of carbonyl (C=O) groups is 2. The van der Waals surface area contributed by atoms with E-state index in [1.165, 1.54) is 4.90 Å². The molecular weight excluding hydrogens is 234 g/mol. The highest BCUT2D eigenvalue weighted by molar-refractivity contribution is 5.87. The summed E-state index contributed by atoms with van der Waals surface area (Å²) in [7, 11) is 1.67. The maximum atomic E-state index is 12.0. The maximum Gasteiger partial charge on any atom is 0.251 e. The number of carbonyl (C=O) groups excluding carboxylic acids is 2. The molecule has 6 nitrogen and oxygen atoms in total. The quantitative estimate of drug-likeness (QED) is 0.707. The Labute approximate surface area is 107 Å². The van der Waals surface area contributed by atoms with Gasteiger partial charge >= 0.3 is 0 Å². The van der Waals surface area contributed by atoms with E-state index in [0.29, 0.717) is 6.61 Å². The first-order valence-corrected chi connectivity index (χ1v) is 6.53. The number of hydrogen-bond acceptors (Lipinski definition) is 4. The summed E-state index contributed by atoms with van der Waals surface area (Å²) in [6.07, 6.45) is 1.35. The second-order valence-corrected chi connectivity index (χ2v) is 4.83. The fraction of sp³-hybridized carbons (Fsp3) is 0.833. The van der Waals surface area contributed by atoms with Gasteiger partial charge in [-0.2, -0.15) is 0 Å². The number of amides is 2. The molecule has 2 aliphatic heterocycles. The predicted octanol–water partition coefficient (Wildman–Crippen LogP) is -0.944. The Morgan fingerprint density at radius 3 is 2.72 bits per heavy atom. The van der Waals surface area contributed by atoms with E-state index < -0.39 is 0 Å². The smallest absolute Gasteiger partial charge is 0.251 e. The standard InChI is InChI=1S/C12H21N3O3/c1-14(12(17)10-3-2-8-18-10)9-11(16)15-6-4-13-5-7-15/h10,13H,2-9H2,1H3/t10-/m1/s1. The number of piperazine rings is 1. The second-order valence-electron chi connectivity index (χ2n) is 4.83. The van der Waals surface area contributed by atoms with E-state index in [2.05, 4.69) is 5.32 Å². The van der Waals surface area contributed by atoms with Crippen molar-refractivity contribution in [1.29, 1.82) is 0 Å². The predicted molar refractivity (Wildman–Crippen MR) is 66.1 cm³/mol. The van der Waals surface area contributed by atoms with Crippen molar-refractivity contribution in [3.8, 4) is 0 Å². The number of nitrogens with one attached hydrogen (secondary N) is 1. The summed E-state index contributed by atoms with van der Waals surface area (Å²) in [6.45, 7) is 3.90. The summed E-state index contributed by atoms with van der Waals surface area (Å²) in [5, 5.41) is 3.20. The van der Waals surface area contributed by atoms with Crippen LogP contribution in [-0.2, 0) is 14.3 Å². The molecule has 1 N–H and O–H groups in total. The van der Waals surface area contributed by atoms with Crippen LogP contribution in [0.1, 0.15) is 12.8 Å². The van der Waals surface area contributed by atoms with E-state index in [0.717, 1.165) is 39.0 Å². The van der Waals surface area contributed by atoms with Crippen LogP contribution < -0.4 is 5.32 Å². The number of likely N-dealkylation sites (N-methyl/N-ethyl adjacent to an activating group) is 1. The fourth-order valence-electron chi connectivity index (χ4n) is 2.31. The van der Waals surface area contributed by atoms with Crippen LogP contribution in [-0.4, -0.2) is 74.1 Å². The average Bonchev–Trinajstić information content (AvgIpc) is 2.92. The lowest BCUT2D eigenvalue weighted by molar-refractivity contribution is -0.145. The van der Waals surface area contributed by atoms with E-state index in [9.17, 15) is 9.59 Å². The minimum Gasteiger partial charge on any atom is -0.368 e. The molecule has 2 aliphatic rings. The molecule has 0 aromatic heterocycles. The summed E-state index contributed by atoms with van der Waals surface area (Å²) in [5.74, 6) is -0.0543. The van der Waals surface area contributed by atoms with E-state index in [4.69, 9.17) is 4.74 Å². The fourth-order valence-corrected chi connectivity index (χ4v) is 2.31. The van der Waals surface area contributed by atoms with Crippen LogP contribution in [0.5, 0.6) is 0 Å². The van der Waals surface area contributed by atoms with E-state index in [1.807, 2.05) is 0 Å². The monoisotopic (exact) mass is 255 g/mol. The SMILES string of the molecule is CN(CC(=O)N1CCNCC1)C(=O)[C@H]1CCCO1. The molecule has 0 aliphatic carbocycles. The highest BCUT2D eigenvalue weighted by Crippen LogP contribution is 2.14. The van der Waals surface area contributed by atoms with Crippen LogP contribution in [0.25, 0.3) is 0 Å². The lowest BCUT2D eigenvalue weighted by Gasteiger charge is -2.29. The lowest BCUT2D eigenvalue weighted by atomic mass is 10.2. The topological polar surface area (TPSA) is 61.9 Å². The Balaban J connectivity index is 1.80. The zero-order valence-corrected chi connectivity index (χ0v) is 10.9. The van der Waals surface area contributed by atoms with Crippen molar-refractivity contribution in [2.24, 2.45) is 0 Å². The molecule has 6 heteroatoms. The average molecular weight is 255 g/mol. The largest absolute Gasteiger partial charge is 0.368 e. The lowest BCUT2D eigenvalue weighted by Crippen LogP contribution is -2.50. The third-order valence-corrected chi connectivity index (χ3v) is 3.42. The Morgan fingerprint density at radius 1 is 1.39 bits per heavy atom. The highest BCUT2D eigenvalue weighted by Gasteiger charge is 2.28. The van der Waals surface area contributed by atoms with Crippen molar-refractivity contribution < 1.29 is 14.3 Å². The van der Waals surface area contributed by atoms with Gasteiger partial charge in [-0.15, -0.1) is 0 Å². The van der Waals surface area contributed by atoms with Gasteiger partial charge in [-0.3, -0.25) is 9.59 Å². The number of ether oxygens (including phenoxy) is 1.